The number of nitrogens with zero attached hydrogens (tertiary/aromatic N) is 1. The number of thiocarbonyl (C=S) groups is 1. The molecular weight excluding hydrogens is 454 g/mol. The van der Waals surface area contributed by atoms with Gasteiger partial charge in [0.05, 0.1) is 11.3 Å². The van der Waals surface area contributed by atoms with E-state index >= 15 is 0 Å². The summed E-state index contributed by atoms with van der Waals surface area (Å²) in [5, 5.41) is 5.81. The van der Waals surface area contributed by atoms with Crippen LogP contribution in [0.3, 0.4) is 0 Å². The van der Waals surface area contributed by atoms with Crippen molar-refractivity contribution >= 4 is 34.8 Å². The van der Waals surface area contributed by atoms with Gasteiger partial charge in [0.2, 0.25) is 0 Å². The summed E-state index contributed by atoms with van der Waals surface area (Å²) in [6.07, 6.45) is 0. The van der Waals surface area contributed by atoms with Crippen molar-refractivity contribution in [1.29, 1.82) is 0 Å². The van der Waals surface area contributed by atoms with Crippen LogP contribution in [0.5, 0.6) is 0 Å². The molecule has 35 heavy (non-hydrogen) atoms. The van der Waals surface area contributed by atoms with Crippen molar-refractivity contribution in [3.05, 3.63) is 126 Å². The Bertz CT molecular complexity index is 1320. The van der Waals surface area contributed by atoms with Crippen molar-refractivity contribution in [3.8, 4) is 11.1 Å². The third-order valence-corrected chi connectivity index (χ3v) is 5.70. The third-order valence-electron chi connectivity index (χ3n) is 5.50. The molecule has 0 aliphatic heterocycles. The SMILES string of the molecule is CN(Cc1ccccc1)C(=O)c1ccccc1NC(=S)NC(=O)c1ccc(-c2ccccc2)cc1. The molecule has 0 aliphatic rings. The fourth-order valence-corrected chi connectivity index (χ4v) is 3.89. The number of amides is 2. The molecule has 0 radical (unpaired) electrons. The molecule has 4 rings (SSSR count). The monoisotopic (exact) mass is 479 g/mol. The molecule has 0 heterocycles. The van der Waals surface area contributed by atoms with Gasteiger partial charge in [-0.2, -0.15) is 0 Å². The van der Waals surface area contributed by atoms with Crippen molar-refractivity contribution < 1.29 is 9.59 Å². The van der Waals surface area contributed by atoms with E-state index < -0.39 is 0 Å². The standard InChI is InChI=1S/C29H25N3O2S/c1-32(20-21-10-4-2-5-11-21)28(34)25-14-8-9-15-26(25)30-29(35)31-27(33)24-18-16-23(17-19-24)22-12-6-3-7-13-22/h2-19H,20H2,1H3,(H2,30,31,33,35). The van der Waals surface area contributed by atoms with Crippen LogP contribution >= 0.6 is 12.2 Å². The van der Waals surface area contributed by atoms with Crippen LogP contribution < -0.4 is 10.6 Å². The Balaban J connectivity index is 1.40. The van der Waals surface area contributed by atoms with Gasteiger partial charge in [-0.15, -0.1) is 0 Å². The fourth-order valence-electron chi connectivity index (χ4n) is 3.69. The van der Waals surface area contributed by atoms with E-state index in [0.29, 0.717) is 23.4 Å². The minimum Gasteiger partial charge on any atom is -0.337 e. The van der Waals surface area contributed by atoms with Crippen LogP contribution in [0.25, 0.3) is 11.1 Å². The summed E-state index contributed by atoms with van der Waals surface area (Å²) >= 11 is 5.36. The normalized spacial score (nSPS) is 10.3. The molecule has 0 aliphatic carbocycles. The summed E-state index contributed by atoms with van der Waals surface area (Å²) in [4.78, 5) is 27.5. The maximum atomic E-state index is 13.1. The van der Waals surface area contributed by atoms with E-state index in [1.165, 1.54) is 0 Å². The Morgan fingerprint density at radius 2 is 1.31 bits per heavy atom. The van der Waals surface area contributed by atoms with E-state index in [-0.39, 0.29) is 16.9 Å². The predicted octanol–water partition coefficient (Wildman–Crippen LogP) is 5.75. The van der Waals surface area contributed by atoms with E-state index in [9.17, 15) is 9.59 Å². The zero-order valence-electron chi connectivity index (χ0n) is 19.3. The first-order chi connectivity index (χ1) is 17.0. The second kappa shape index (κ2) is 11.2. The second-order valence-corrected chi connectivity index (χ2v) is 8.45. The van der Waals surface area contributed by atoms with Crippen LogP contribution in [0.2, 0.25) is 0 Å². The summed E-state index contributed by atoms with van der Waals surface area (Å²) in [7, 11) is 1.76. The minimum absolute atomic E-state index is 0.119. The first-order valence-corrected chi connectivity index (χ1v) is 11.6. The second-order valence-electron chi connectivity index (χ2n) is 8.04. The van der Waals surface area contributed by atoms with Crippen molar-refractivity contribution in [3.63, 3.8) is 0 Å². The fraction of sp³-hybridized carbons (Fsp3) is 0.0690. The van der Waals surface area contributed by atoms with Crippen LogP contribution in [0.15, 0.2) is 109 Å². The number of carbonyl (C=O) groups is 2. The first kappa shape index (κ1) is 23.9. The Hall–Kier alpha value is -4.29. The molecule has 0 saturated heterocycles. The highest BCUT2D eigenvalue weighted by Crippen LogP contribution is 2.20. The minimum atomic E-state index is -0.327. The smallest absolute Gasteiger partial charge is 0.257 e. The lowest BCUT2D eigenvalue weighted by atomic mass is 10.0. The van der Waals surface area contributed by atoms with Crippen molar-refractivity contribution in [2.24, 2.45) is 0 Å². The molecule has 0 spiro atoms. The number of carbonyl (C=O) groups excluding carboxylic acids is 2. The summed E-state index contributed by atoms with van der Waals surface area (Å²) in [6.45, 7) is 0.480. The molecule has 4 aromatic carbocycles. The van der Waals surface area contributed by atoms with Crippen LogP contribution in [-0.4, -0.2) is 28.9 Å². The highest BCUT2D eigenvalue weighted by atomic mass is 32.1. The predicted molar refractivity (Wildman–Crippen MR) is 144 cm³/mol. The van der Waals surface area contributed by atoms with Crippen LogP contribution in [0.1, 0.15) is 26.3 Å². The summed E-state index contributed by atoms with van der Waals surface area (Å²) in [5.41, 5.74) is 4.62. The van der Waals surface area contributed by atoms with Crippen LogP contribution in [-0.2, 0) is 6.54 Å². The topological polar surface area (TPSA) is 61.4 Å². The Morgan fingerprint density at radius 3 is 2.00 bits per heavy atom. The van der Waals surface area contributed by atoms with Gasteiger partial charge in [-0.25, -0.2) is 0 Å². The highest BCUT2D eigenvalue weighted by Gasteiger charge is 2.17. The lowest BCUT2D eigenvalue weighted by molar-refractivity contribution is 0.0786. The van der Waals surface area contributed by atoms with Crippen molar-refractivity contribution in [2.75, 3.05) is 12.4 Å². The van der Waals surface area contributed by atoms with Gasteiger partial charge in [-0.05, 0) is 53.2 Å². The molecule has 6 heteroatoms. The zero-order valence-corrected chi connectivity index (χ0v) is 20.1. The average molecular weight is 480 g/mol. The molecule has 0 unspecified atom stereocenters. The maximum absolute atomic E-state index is 13.1. The molecule has 0 bridgehead atoms. The third kappa shape index (κ3) is 6.19. The lowest BCUT2D eigenvalue weighted by Gasteiger charge is -2.20. The highest BCUT2D eigenvalue weighted by molar-refractivity contribution is 7.80. The van der Waals surface area contributed by atoms with Gasteiger partial charge in [-0.3, -0.25) is 14.9 Å². The van der Waals surface area contributed by atoms with Gasteiger partial charge >= 0.3 is 0 Å². The molecule has 5 nitrogen and oxygen atoms in total. The number of nitrogens with one attached hydrogen (secondary N) is 2. The quantitative estimate of drug-likeness (QED) is 0.346. The molecule has 2 amide bonds. The van der Waals surface area contributed by atoms with Gasteiger partial charge in [0, 0.05) is 19.2 Å². The number of hydrogen-bond donors (Lipinski definition) is 2. The van der Waals surface area contributed by atoms with Gasteiger partial charge in [0.1, 0.15) is 0 Å². The van der Waals surface area contributed by atoms with E-state index in [1.807, 2.05) is 78.9 Å². The van der Waals surface area contributed by atoms with E-state index in [2.05, 4.69) is 10.6 Å². The summed E-state index contributed by atoms with van der Waals surface area (Å²) in [6, 6.07) is 34.2. The Labute approximate surface area is 210 Å². The number of para-hydroxylation sites is 1. The van der Waals surface area contributed by atoms with Gasteiger partial charge in [-0.1, -0.05) is 84.9 Å². The number of benzene rings is 4. The van der Waals surface area contributed by atoms with E-state index in [1.54, 1.807) is 42.3 Å². The molecular formula is C29H25N3O2S. The van der Waals surface area contributed by atoms with Crippen molar-refractivity contribution in [1.82, 2.24) is 10.2 Å². The lowest BCUT2D eigenvalue weighted by Crippen LogP contribution is -2.35. The molecule has 0 atom stereocenters. The van der Waals surface area contributed by atoms with E-state index in [4.69, 9.17) is 12.2 Å². The zero-order chi connectivity index (χ0) is 24.6. The molecule has 0 fully saturated rings. The summed E-state index contributed by atoms with van der Waals surface area (Å²) in [5.74, 6) is -0.477. The van der Waals surface area contributed by atoms with E-state index in [0.717, 1.165) is 16.7 Å². The molecule has 0 aromatic heterocycles. The number of hydrogen-bond acceptors (Lipinski definition) is 3. The van der Waals surface area contributed by atoms with Crippen LogP contribution in [0, 0.1) is 0 Å². The van der Waals surface area contributed by atoms with Gasteiger partial charge in [0.25, 0.3) is 11.8 Å². The average Bonchev–Trinajstić information content (AvgIpc) is 2.89. The number of anilines is 1. The Morgan fingerprint density at radius 1 is 0.743 bits per heavy atom. The number of rotatable bonds is 6. The maximum Gasteiger partial charge on any atom is 0.257 e. The molecule has 4 aromatic rings. The molecule has 0 saturated carbocycles. The first-order valence-electron chi connectivity index (χ1n) is 11.2. The van der Waals surface area contributed by atoms with Crippen molar-refractivity contribution in [2.45, 2.75) is 6.54 Å². The van der Waals surface area contributed by atoms with Gasteiger partial charge < -0.3 is 10.2 Å². The largest absolute Gasteiger partial charge is 0.337 e. The molecule has 174 valence electrons. The van der Waals surface area contributed by atoms with Gasteiger partial charge in [0.15, 0.2) is 5.11 Å². The molecule has 2 N–H and O–H groups in total. The van der Waals surface area contributed by atoms with Crippen LogP contribution in [0.4, 0.5) is 5.69 Å². The Kier molecular flexibility index (Phi) is 7.65. The summed E-state index contributed by atoms with van der Waals surface area (Å²) < 4.78 is 0.